The Morgan fingerprint density at radius 3 is 2.56 bits per heavy atom. The predicted octanol–water partition coefficient (Wildman–Crippen LogP) is 2.68. The molecule has 3 rings (SSSR count). The standard InChI is InChI=1S/C13H14N2S/c14-8-11-9-15-12(16-11)13(6-7-13)10-4-2-1-3-5-10/h1-5,9H,6-8,14H2. The van der Waals surface area contributed by atoms with E-state index in [2.05, 4.69) is 35.3 Å². The summed E-state index contributed by atoms with van der Waals surface area (Å²) in [6, 6.07) is 10.7. The number of rotatable bonds is 3. The number of nitrogens with two attached hydrogens (primary N) is 1. The Labute approximate surface area is 99.1 Å². The minimum Gasteiger partial charge on any atom is -0.326 e. The zero-order valence-electron chi connectivity index (χ0n) is 9.02. The molecular formula is C13H14N2S. The lowest BCUT2D eigenvalue weighted by atomic mass is 9.97. The SMILES string of the molecule is NCc1cnc(C2(c3ccccc3)CC2)s1. The highest BCUT2D eigenvalue weighted by molar-refractivity contribution is 7.11. The number of thiazole rings is 1. The predicted molar refractivity (Wildman–Crippen MR) is 66.5 cm³/mol. The maximum Gasteiger partial charge on any atom is 0.103 e. The van der Waals surface area contributed by atoms with Gasteiger partial charge in [0.25, 0.3) is 0 Å². The number of nitrogens with zero attached hydrogens (tertiary/aromatic N) is 1. The van der Waals surface area contributed by atoms with Crippen molar-refractivity contribution in [2.24, 2.45) is 5.73 Å². The van der Waals surface area contributed by atoms with Crippen LogP contribution in [0.5, 0.6) is 0 Å². The van der Waals surface area contributed by atoms with Crippen LogP contribution >= 0.6 is 11.3 Å². The Morgan fingerprint density at radius 2 is 2.00 bits per heavy atom. The second-order valence-electron chi connectivity index (χ2n) is 4.28. The largest absolute Gasteiger partial charge is 0.326 e. The van der Waals surface area contributed by atoms with E-state index < -0.39 is 0 Å². The fraction of sp³-hybridized carbons (Fsp3) is 0.308. The van der Waals surface area contributed by atoms with E-state index in [0.29, 0.717) is 6.54 Å². The van der Waals surface area contributed by atoms with Gasteiger partial charge in [0, 0.05) is 23.0 Å². The molecule has 2 aromatic rings. The molecule has 2 N–H and O–H groups in total. The van der Waals surface area contributed by atoms with Crippen molar-refractivity contribution in [3.05, 3.63) is 52.0 Å². The molecular weight excluding hydrogens is 216 g/mol. The van der Waals surface area contributed by atoms with Crippen molar-refractivity contribution >= 4 is 11.3 Å². The van der Waals surface area contributed by atoms with Crippen LogP contribution in [0.4, 0.5) is 0 Å². The van der Waals surface area contributed by atoms with Gasteiger partial charge in [0.15, 0.2) is 0 Å². The third-order valence-corrected chi connectivity index (χ3v) is 4.46. The highest BCUT2D eigenvalue weighted by Crippen LogP contribution is 2.54. The Kier molecular flexibility index (Phi) is 2.30. The molecule has 16 heavy (non-hydrogen) atoms. The molecule has 1 saturated carbocycles. The van der Waals surface area contributed by atoms with Crippen molar-refractivity contribution in [3.8, 4) is 0 Å². The minimum absolute atomic E-state index is 0.208. The number of hydrogen-bond donors (Lipinski definition) is 1. The molecule has 1 aliphatic carbocycles. The van der Waals surface area contributed by atoms with Crippen LogP contribution in [0, 0.1) is 0 Å². The molecule has 0 aliphatic heterocycles. The van der Waals surface area contributed by atoms with Crippen LogP contribution in [0.2, 0.25) is 0 Å². The van der Waals surface area contributed by atoms with E-state index in [1.165, 1.54) is 28.3 Å². The van der Waals surface area contributed by atoms with E-state index in [1.54, 1.807) is 11.3 Å². The summed E-state index contributed by atoms with van der Waals surface area (Å²) in [7, 11) is 0. The van der Waals surface area contributed by atoms with E-state index in [-0.39, 0.29) is 5.41 Å². The topological polar surface area (TPSA) is 38.9 Å². The molecule has 0 atom stereocenters. The van der Waals surface area contributed by atoms with Crippen molar-refractivity contribution in [1.82, 2.24) is 4.98 Å². The average Bonchev–Trinajstić information content (AvgIpc) is 3.02. The van der Waals surface area contributed by atoms with Crippen molar-refractivity contribution in [2.45, 2.75) is 24.8 Å². The van der Waals surface area contributed by atoms with Crippen LogP contribution in [0.1, 0.15) is 28.3 Å². The van der Waals surface area contributed by atoms with Crippen LogP contribution in [0.25, 0.3) is 0 Å². The zero-order chi connectivity index (χ0) is 11.0. The molecule has 0 saturated heterocycles. The molecule has 0 bridgehead atoms. The molecule has 82 valence electrons. The van der Waals surface area contributed by atoms with Gasteiger partial charge in [-0.1, -0.05) is 30.3 Å². The maximum absolute atomic E-state index is 5.64. The highest BCUT2D eigenvalue weighted by Gasteiger charge is 2.48. The van der Waals surface area contributed by atoms with E-state index in [1.807, 2.05) is 6.20 Å². The lowest BCUT2D eigenvalue weighted by Crippen LogP contribution is -2.07. The summed E-state index contributed by atoms with van der Waals surface area (Å²) in [6.07, 6.45) is 4.35. The fourth-order valence-corrected chi connectivity index (χ4v) is 3.19. The number of aromatic nitrogens is 1. The number of benzene rings is 1. The molecule has 0 unspecified atom stereocenters. The average molecular weight is 230 g/mol. The Morgan fingerprint density at radius 1 is 1.25 bits per heavy atom. The summed E-state index contributed by atoms with van der Waals surface area (Å²) < 4.78 is 0. The molecule has 1 aromatic carbocycles. The van der Waals surface area contributed by atoms with Crippen molar-refractivity contribution < 1.29 is 0 Å². The highest BCUT2D eigenvalue weighted by atomic mass is 32.1. The minimum atomic E-state index is 0.208. The van der Waals surface area contributed by atoms with Crippen LogP contribution in [-0.2, 0) is 12.0 Å². The van der Waals surface area contributed by atoms with Gasteiger partial charge < -0.3 is 5.73 Å². The van der Waals surface area contributed by atoms with Gasteiger partial charge in [-0.15, -0.1) is 11.3 Å². The van der Waals surface area contributed by atoms with Crippen LogP contribution in [0.15, 0.2) is 36.5 Å². The summed E-state index contributed by atoms with van der Waals surface area (Å²) in [5.74, 6) is 0. The first kappa shape index (κ1) is 10.00. The van der Waals surface area contributed by atoms with Gasteiger partial charge in [-0.3, -0.25) is 0 Å². The van der Waals surface area contributed by atoms with E-state index in [9.17, 15) is 0 Å². The molecule has 1 heterocycles. The first-order valence-corrected chi connectivity index (χ1v) is 6.37. The van der Waals surface area contributed by atoms with Gasteiger partial charge >= 0.3 is 0 Å². The van der Waals surface area contributed by atoms with Crippen LogP contribution < -0.4 is 5.73 Å². The first-order valence-electron chi connectivity index (χ1n) is 5.56. The molecule has 1 aliphatic rings. The summed E-state index contributed by atoms with van der Waals surface area (Å²) in [4.78, 5) is 5.71. The molecule has 0 amide bonds. The van der Waals surface area contributed by atoms with Crippen molar-refractivity contribution in [1.29, 1.82) is 0 Å². The second kappa shape index (κ2) is 3.68. The fourth-order valence-electron chi connectivity index (χ4n) is 2.13. The molecule has 3 heteroatoms. The quantitative estimate of drug-likeness (QED) is 0.880. The smallest absolute Gasteiger partial charge is 0.103 e. The monoisotopic (exact) mass is 230 g/mol. The zero-order valence-corrected chi connectivity index (χ0v) is 9.83. The molecule has 2 nitrogen and oxygen atoms in total. The van der Waals surface area contributed by atoms with E-state index in [0.717, 1.165) is 0 Å². The summed E-state index contributed by atoms with van der Waals surface area (Å²) in [5, 5.41) is 1.24. The van der Waals surface area contributed by atoms with Crippen molar-refractivity contribution in [2.75, 3.05) is 0 Å². The van der Waals surface area contributed by atoms with Gasteiger partial charge in [0.2, 0.25) is 0 Å². The third kappa shape index (κ3) is 1.47. The van der Waals surface area contributed by atoms with Gasteiger partial charge in [-0.05, 0) is 18.4 Å². The second-order valence-corrected chi connectivity index (χ2v) is 5.40. The van der Waals surface area contributed by atoms with Crippen LogP contribution in [-0.4, -0.2) is 4.98 Å². The normalized spacial score (nSPS) is 17.3. The lowest BCUT2D eigenvalue weighted by Gasteiger charge is -2.11. The summed E-state index contributed by atoms with van der Waals surface area (Å²) >= 11 is 1.76. The van der Waals surface area contributed by atoms with Gasteiger partial charge in [0.05, 0.1) is 0 Å². The summed E-state index contributed by atoms with van der Waals surface area (Å²) in [5.41, 5.74) is 7.24. The van der Waals surface area contributed by atoms with Gasteiger partial charge in [-0.2, -0.15) is 0 Å². The molecule has 1 aromatic heterocycles. The summed E-state index contributed by atoms with van der Waals surface area (Å²) in [6.45, 7) is 0.600. The molecule has 1 fully saturated rings. The van der Waals surface area contributed by atoms with E-state index in [4.69, 9.17) is 5.73 Å². The molecule has 0 radical (unpaired) electrons. The van der Waals surface area contributed by atoms with Crippen LogP contribution in [0.3, 0.4) is 0 Å². The Hall–Kier alpha value is -1.19. The Bertz CT molecular complexity index is 486. The maximum atomic E-state index is 5.64. The Balaban J connectivity index is 2.00. The molecule has 0 spiro atoms. The number of hydrogen-bond acceptors (Lipinski definition) is 3. The lowest BCUT2D eigenvalue weighted by molar-refractivity contribution is 0.833. The first-order chi connectivity index (χ1) is 7.85. The van der Waals surface area contributed by atoms with Crippen molar-refractivity contribution in [3.63, 3.8) is 0 Å². The van der Waals surface area contributed by atoms with Gasteiger partial charge in [-0.25, -0.2) is 4.98 Å². The van der Waals surface area contributed by atoms with Gasteiger partial charge in [0.1, 0.15) is 5.01 Å². The van der Waals surface area contributed by atoms with E-state index >= 15 is 0 Å². The third-order valence-electron chi connectivity index (χ3n) is 3.24.